The molecule has 2 heteroatoms. The van der Waals surface area contributed by atoms with Gasteiger partial charge in [-0.25, -0.2) is 0 Å². The van der Waals surface area contributed by atoms with Gasteiger partial charge in [-0.3, -0.25) is 0 Å². The van der Waals surface area contributed by atoms with Crippen molar-refractivity contribution in [2.24, 2.45) is 5.92 Å². The molecule has 1 saturated carbocycles. The van der Waals surface area contributed by atoms with Crippen LogP contribution in [-0.2, 0) is 0 Å². The van der Waals surface area contributed by atoms with E-state index in [1.807, 2.05) is 19.9 Å². The third-order valence-electron chi connectivity index (χ3n) is 2.78. The Morgan fingerprint density at radius 2 is 2.27 bits per heavy atom. The van der Waals surface area contributed by atoms with Crippen LogP contribution in [0.2, 0.25) is 0 Å². The second-order valence-electron chi connectivity index (χ2n) is 4.50. The number of ether oxygens (including phenoxy) is 1. The summed E-state index contributed by atoms with van der Waals surface area (Å²) < 4.78 is 5.67. The number of halogens is 1. The predicted octanol–water partition coefficient (Wildman–Crippen LogP) is 3.82. The molecule has 0 radical (unpaired) electrons. The van der Waals surface area contributed by atoms with Crippen molar-refractivity contribution < 1.29 is 4.74 Å². The zero-order valence-corrected chi connectivity index (χ0v) is 10.00. The summed E-state index contributed by atoms with van der Waals surface area (Å²) in [6, 6.07) is 8.40. The van der Waals surface area contributed by atoms with Gasteiger partial charge in [0.25, 0.3) is 0 Å². The van der Waals surface area contributed by atoms with E-state index in [1.54, 1.807) is 0 Å². The molecule has 1 nitrogen and oxygen atoms in total. The van der Waals surface area contributed by atoms with E-state index in [4.69, 9.17) is 16.3 Å². The van der Waals surface area contributed by atoms with Gasteiger partial charge < -0.3 is 4.74 Å². The number of hydrogen-bond donors (Lipinski definition) is 0. The summed E-state index contributed by atoms with van der Waals surface area (Å²) in [5.74, 6) is 3.10. The lowest BCUT2D eigenvalue weighted by Gasteiger charge is -2.10. The van der Waals surface area contributed by atoms with Gasteiger partial charge in [-0.05, 0) is 49.8 Å². The molecule has 1 aromatic rings. The van der Waals surface area contributed by atoms with Crippen LogP contribution in [0.5, 0.6) is 5.75 Å². The molecule has 1 aliphatic rings. The summed E-state index contributed by atoms with van der Waals surface area (Å²) in [5, 5.41) is 0. The summed E-state index contributed by atoms with van der Waals surface area (Å²) >= 11 is 5.84. The first kappa shape index (κ1) is 10.8. The lowest BCUT2D eigenvalue weighted by molar-refractivity contribution is 0.242. The van der Waals surface area contributed by atoms with E-state index in [-0.39, 0.29) is 6.10 Å². The van der Waals surface area contributed by atoms with Crippen molar-refractivity contribution in [2.45, 2.75) is 32.3 Å². The quantitative estimate of drug-likeness (QED) is 0.707. The van der Waals surface area contributed by atoms with Gasteiger partial charge >= 0.3 is 0 Å². The molecular weight excluding hydrogens is 208 g/mol. The van der Waals surface area contributed by atoms with Crippen LogP contribution in [0.1, 0.15) is 31.7 Å². The van der Waals surface area contributed by atoms with Crippen molar-refractivity contribution in [3.63, 3.8) is 0 Å². The molecule has 0 aliphatic heterocycles. The molecule has 1 fully saturated rings. The maximum absolute atomic E-state index is 5.84. The topological polar surface area (TPSA) is 9.23 Å². The fourth-order valence-electron chi connectivity index (χ4n) is 1.92. The van der Waals surface area contributed by atoms with Crippen LogP contribution < -0.4 is 4.74 Å². The van der Waals surface area contributed by atoms with E-state index in [0.717, 1.165) is 11.6 Å². The number of alkyl halides is 1. The third kappa shape index (κ3) is 2.66. The fraction of sp³-hybridized carbons (Fsp3) is 0.538. The largest absolute Gasteiger partial charge is 0.491 e. The Balaban J connectivity index is 2.06. The van der Waals surface area contributed by atoms with E-state index >= 15 is 0 Å². The molecule has 0 heterocycles. The van der Waals surface area contributed by atoms with Crippen molar-refractivity contribution in [3.05, 3.63) is 29.8 Å². The average Bonchev–Trinajstić information content (AvgIpc) is 2.96. The average molecular weight is 225 g/mol. The highest BCUT2D eigenvalue weighted by molar-refractivity contribution is 6.18. The molecule has 1 aromatic carbocycles. The van der Waals surface area contributed by atoms with E-state index in [9.17, 15) is 0 Å². The van der Waals surface area contributed by atoms with Crippen molar-refractivity contribution in [3.8, 4) is 5.75 Å². The zero-order valence-electron chi connectivity index (χ0n) is 9.24. The molecule has 0 aromatic heterocycles. The molecular formula is C13H17ClO. The highest BCUT2D eigenvalue weighted by atomic mass is 35.5. The van der Waals surface area contributed by atoms with Crippen molar-refractivity contribution in [1.82, 2.24) is 0 Å². The van der Waals surface area contributed by atoms with Gasteiger partial charge in [-0.15, -0.1) is 11.6 Å². The Labute approximate surface area is 96.4 Å². The highest BCUT2D eigenvalue weighted by Crippen LogP contribution is 2.48. The molecule has 2 rings (SSSR count). The smallest absolute Gasteiger partial charge is 0.119 e. The van der Waals surface area contributed by atoms with Gasteiger partial charge in [0.05, 0.1) is 6.10 Å². The van der Waals surface area contributed by atoms with Crippen molar-refractivity contribution >= 4 is 11.6 Å². The Bertz CT molecular complexity index is 335. The minimum absolute atomic E-state index is 0.239. The van der Waals surface area contributed by atoms with Gasteiger partial charge in [0, 0.05) is 5.88 Å². The highest BCUT2D eigenvalue weighted by Gasteiger charge is 2.37. The van der Waals surface area contributed by atoms with Crippen LogP contribution in [-0.4, -0.2) is 12.0 Å². The van der Waals surface area contributed by atoms with Crippen LogP contribution in [0.4, 0.5) is 0 Å². The first-order chi connectivity index (χ1) is 7.20. The standard InChI is InChI=1S/C13H17ClO/c1-9(2)15-12-5-3-4-10(6-12)13-7-11(13)8-14/h3-6,9,11,13H,7-8H2,1-2H3. The summed E-state index contributed by atoms with van der Waals surface area (Å²) in [4.78, 5) is 0. The molecule has 0 amide bonds. The minimum Gasteiger partial charge on any atom is -0.491 e. The Morgan fingerprint density at radius 1 is 1.47 bits per heavy atom. The Hall–Kier alpha value is -0.690. The molecule has 0 bridgehead atoms. The normalized spacial score (nSPS) is 24.3. The van der Waals surface area contributed by atoms with Crippen LogP contribution in [0.15, 0.2) is 24.3 Å². The molecule has 0 saturated heterocycles. The van der Waals surface area contributed by atoms with Crippen molar-refractivity contribution in [1.29, 1.82) is 0 Å². The number of hydrogen-bond acceptors (Lipinski definition) is 1. The summed E-state index contributed by atoms with van der Waals surface area (Å²) in [5.41, 5.74) is 1.37. The zero-order chi connectivity index (χ0) is 10.8. The first-order valence-corrected chi connectivity index (χ1v) is 6.06. The summed E-state index contributed by atoms with van der Waals surface area (Å²) in [6.07, 6.45) is 1.47. The monoisotopic (exact) mass is 224 g/mol. The van der Waals surface area contributed by atoms with E-state index < -0.39 is 0 Å². The lowest BCUT2D eigenvalue weighted by atomic mass is 10.1. The summed E-state index contributed by atoms with van der Waals surface area (Å²) in [7, 11) is 0. The Kier molecular flexibility index (Phi) is 3.20. The van der Waals surface area contributed by atoms with E-state index in [1.165, 1.54) is 12.0 Å². The van der Waals surface area contributed by atoms with Crippen LogP contribution in [0.3, 0.4) is 0 Å². The lowest BCUT2D eigenvalue weighted by Crippen LogP contribution is -2.05. The molecule has 0 spiro atoms. The second kappa shape index (κ2) is 4.44. The molecule has 2 unspecified atom stereocenters. The van der Waals surface area contributed by atoms with Gasteiger partial charge in [0.2, 0.25) is 0 Å². The van der Waals surface area contributed by atoms with Crippen LogP contribution in [0, 0.1) is 5.92 Å². The van der Waals surface area contributed by atoms with E-state index in [2.05, 4.69) is 18.2 Å². The summed E-state index contributed by atoms with van der Waals surface area (Å²) in [6.45, 7) is 4.09. The van der Waals surface area contributed by atoms with Crippen LogP contribution >= 0.6 is 11.6 Å². The third-order valence-corrected chi connectivity index (χ3v) is 3.18. The molecule has 15 heavy (non-hydrogen) atoms. The van der Waals surface area contributed by atoms with Gasteiger partial charge in [0.1, 0.15) is 5.75 Å². The minimum atomic E-state index is 0.239. The maximum Gasteiger partial charge on any atom is 0.119 e. The number of rotatable bonds is 4. The second-order valence-corrected chi connectivity index (χ2v) is 4.80. The molecule has 2 atom stereocenters. The Morgan fingerprint density at radius 3 is 2.87 bits per heavy atom. The van der Waals surface area contributed by atoms with Crippen molar-refractivity contribution in [2.75, 3.05) is 5.88 Å². The molecule has 82 valence electrons. The fourth-order valence-corrected chi connectivity index (χ4v) is 2.26. The maximum atomic E-state index is 5.84. The molecule has 1 aliphatic carbocycles. The van der Waals surface area contributed by atoms with Gasteiger partial charge in [-0.1, -0.05) is 12.1 Å². The number of benzene rings is 1. The van der Waals surface area contributed by atoms with Gasteiger partial charge in [-0.2, -0.15) is 0 Å². The van der Waals surface area contributed by atoms with E-state index in [0.29, 0.717) is 11.8 Å². The van der Waals surface area contributed by atoms with Gasteiger partial charge in [0.15, 0.2) is 0 Å². The SMILES string of the molecule is CC(C)Oc1cccc(C2CC2CCl)c1. The first-order valence-electron chi connectivity index (χ1n) is 5.53. The predicted molar refractivity (Wildman–Crippen MR) is 63.8 cm³/mol. The van der Waals surface area contributed by atoms with Crippen LogP contribution in [0.25, 0.3) is 0 Å². The molecule has 0 N–H and O–H groups in total.